The largest absolute Gasteiger partial charge is 0.330 e. The molecule has 0 bridgehead atoms. The third-order valence-electron chi connectivity index (χ3n) is 3.47. The first-order chi connectivity index (χ1) is 6.68. The fraction of sp³-hybridized carbons (Fsp3) is 0.500. The van der Waals surface area contributed by atoms with Crippen LogP contribution in [0.15, 0.2) is 22.7 Å². The molecule has 2 heteroatoms. The Kier molecular flexibility index (Phi) is 2.67. The Morgan fingerprint density at radius 1 is 1.43 bits per heavy atom. The maximum atomic E-state index is 5.88. The van der Waals surface area contributed by atoms with E-state index in [9.17, 15) is 0 Å². The quantitative estimate of drug-likeness (QED) is 0.862. The van der Waals surface area contributed by atoms with Crippen molar-refractivity contribution in [1.82, 2.24) is 0 Å². The normalized spacial score (nSPS) is 19.1. The van der Waals surface area contributed by atoms with Gasteiger partial charge in [0.1, 0.15) is 0 Å². The Labute approximate surface area is 93.8 Å². The highest BCUT2D eigenvalue weighted by atomic mass is 79.9. The molecule has 0 aromatic heterocycles. The zero-order valence-corrected chi connectivity index (χ0v) is 10.1. The molecule has 14 heavy (non-hydrogen) atoms. The summed E-state index contributed by atoms with van der Waals surface area (Å²) in [5, 5.41) is 0. The summed E-state index contributed by atoms with van der Waals surface area (Å²) in [5.74, 6) is 0. The van der Waals surface area contributed by atoms with E-state index in [1.165, 1.54) is 34.9 Å². The zero-order chi connectivity index (χ0) is 10.2. The second-order valence-electron chi connectivity index (χ2n) is 4.30. The van der Waals surface area contributed by atoms with Crippen LogP contribution >= 0.6 is 15.9 Å². The molecule has 0 atom stereocenters. The third-order valence-corrected chi connectivity index (χ3v) is 4.36. The lowest BCUT2D eigenvalue weighted by Gasteiger charge is -2.41. The molecule has 1 nitrogen and oxygen atoms in total. The zero-order valence-electron chi connectivity index (χ0n) is 8.52. The van der Waals surface area contributed by atoms with Gasteiger partial charge in [-0.05, 0) is 37.0 Å². The molecule has 1 aromatic rings. The van der Waals surface area contributed by atoms with Crippen molar-refractivity contribution in [3.05, 3.63) is 33.8 Å². The minimum atomic E-state index is 0.297. The van der Waals surface area contributed by atoms with Gasteiger partial charge in [0.25, 0.3) is 0 Å². The van der Waals surface area contributed by atoms with Crippen LogP contribution in [0.4, 0.5) is 0 Å². The fourth-order valence-corrected chi connectivity index (χ4v) is 2.44. The van der Waals surface area contributed by atoms with Crippen LogP contribution in [0, 0.1) is 6.92 Å². The van der Waals surface area contributed by atoms with Crippen LogP contribution < -0.4 is 5.73 Å². The van der Waals surface area contributed by atoms with E-state index in [0.717, 1.165) is 6.54 Å². The first-order valence-corrected chi connectivity index (χ1v) is 5.94. The van der Waals surface area contributed by atoms with Crippen LogP contribution in [0.25, 0.3) is 0 Å². The summed E-state index contributed by atoms with van der Waals surface area (Å²) in [6, 6.07) is 6.62. The predicted octanol–water partition coefficient (Wildman–Crippen LogP) is 3.14. The molecule has 1 saturated carbocycles. The number of benzene rings is 1. The van der Waals surface area contributed by atoms with E-state index in [4.69, 9.17) is 5.73 Å². The van der Waals surface area contributed by atoms with Gasteiger partial charge in [-0.1, -0.05) is 34.5 Å². The third kappa shape index (κ3) is 1.51. The van der Waals surface area contributed by atoms with E-state index < -0.39 is 0 Å². The summed E-state index contributed by atoms with van der Waals surface area (Å²) in [6.45, 7) is 2.92. The van der Waals surface area contributed by atoms with E-state index >= 15 is 0 Å². The van der Waals surface area contributed by atoms with Crippen molar-refractivity contribution in [3.8, 4) is 0 Å². The highest BCUT2D eigenvalue weighted by Crippen LogP contribution is 2.43. The Morgan fingerprint density at radius 3 is 2.57 bits per heavy atom. The van der Waals surface area contributed by atoms with Crippen molar-refractivity contribution in [3.63, 3.8) is 0 Å². The minimum Gasteiger partial charge on any atom is -0.330 e. The molecule has 2 rings (SSSR count). The van der Waals surface area contributed by atoms with Crippen molar-refractivity contribution in [2.45, 2.75) is 31.6 Å². The monoisotopic (exact) mass is 253 g/mol. The molecule has 1 fully saturated rings. The van der Waals surface area contributed by atoms with Crippen LogP contribution in [0.5, 0.6) is 0 Å². The van der Waals surface area contributed by atoms with Crippen LogP contribution in [-0.4, -0.2) is 6.54 Å². The lowest BCUT2D eigenvalue weighted by molar-refractivity contribution is 0.253. The predicted molar refractivity (Wildman–Crippen MR) is 63.5 cm³/mol. The smallest absolute Gasteiger partial charge is 0.0204 e. The summed E-state index contributed by atoms with van der Waals surface area (Å²) in [7, 11) is 0. The van der Waals surface area contributed by atoms with Crippen LogP contribution in [0.1, 0.15) is 30.4 Å². The average Bonchev–Trinajstić information content (AvgIpc) is 2.10. The highest BCUT2D eigenvalue weighted by Gasteiger charge is 2.37. The molecule has 76 valence electrons. The van der Waals surface area contributed by atoms with Crippen molar-refractivity contribution < 1.29 is 0 Å². The Hall–Kier alpha value is -0.340. The standard InChI is InChI=1S/C12H16BrN/c1-9-7-10(3-4-11(9)13)12(8-14)5-2-6-12/h3-4,7H,2,5-6,8,14H2,1H3. The highest BCUT2D eigenvalue weighted by molar-refractivity contribution is 9.10. The van der Waals surface area contributed by atoms with Gasteiger partial charge in [-0.2, -0.15) is 0 Å². The van der Waals surface area contributed by atoms with Crippen molar-refractivity contribution >= 4 is 15.9 Å². The molecule has 0 saturated heterocycles. The van der Waals surface area contributed by atoms with E-state index in [1.807, 2.05) is 0 Å². The van der Waals surface area contributed by atoms with Gasteiger partial charge in [0.15, 0.2) is 0 Å². The van der Waals surface area contributed by atoms with Gasteiger partial charge in [0.2, 0.25) is 0 Å². The second kappa shape index (κ2) is 3.67. The molecule has 0 amide bonds. The van der Waals surface area contributed by atoms with Gasteiger partial charge in [-0.15, -0.1) is 0 Å². The maximum Gasteiger partial charge on any atom is 0.0204 e. The SMILES string of the molecule is Cc1cc(C2(CN)CCC2)ccc1Br. The summed E-state index contributed by atoms with van der Waals surface area (Å²) >= 11 is 3.53. The van der Waals surface area contributed by atoms with Crippen LogP contribution in [0.2, 0.25) is 0 Å². The van der Waals surface area contributed by atoms with Gasteiger partial charge in [-0.25, -0.2) is 0 Å². The molecule has 1 aromatic carbocycles. The van der Waals surface area contributed by atoms with E-state index in [0.29, 0.717) is 5.41 Å². The maximum absolute atomic E-state index is 5.88. The molecule has 1 aliphatic carbocycles. The molecular formula is C12H16BrN. The second-order valence-corrected chi connectivity index (χ2v) is 5.16. The summed E-state index contributed by atoms with van der Waals surface area (Å²) in [4.78, 5) is 0. The molecule has 1 aliphatic rings. The summed E-state index contributed by atoms with van der Waals surface area (Å²) in [5.41, 5.74) is 8.91. The summed E-state index contributed by atoms with van der Waals surface area (Å²) in [6.07, 6.45) is 3.83. The molecular weight excluding hydrogens is 238 g/mol. The van der Waals surface area contributed by atoms with Gasteiger partial charge in [0, 0.05) is 16.4 Å². The number of rotatable bonds is 2. The van der Waals surface area contributed by atoms with Crippen molar-refractivity contribution in [2.24, 2.45) is 5.73 Å². The molecule has 0 unspecified atom stereocenters. The van der Waals surface area contributed by atoms with E-state index in [2.05, 4.69) is 41.1 Å². The minimum absolute atomic E-state index is 0.297. The molecule has 0 radical (unpaired) electrons. The first kappa shape index (κ1) is 10.2. The first-order valence-electron chi connectivity index (χ1n) is 5.15. The van der Waals surface area contributed by atoms with E-state index in [1.54, 1.807) is 0 Å². The topological polar surface area (TPSA) is 26.0 Å². The number of hydrogen-bond donors (Lipinski definition) is 1. The van der Waals surface area contributed by atoms with Gasteiger partial charge < -0.3 is 5.73 Å². The lowest BCUT2D eigenvalue weighted by atomic mass is 9.64. The summed E-state index contributed by atoms with van der Waals surface area (Å²) < 4.78 is 1.19. The fourth-order valence-electron chi connectivity index (χ4n) is 2.19. The molecule has 0 spiro atoms. The van der Waals surface area contributed by atoms with E-state index in [-0.39, 0.29) is 0 Å². The van der Waals surface area contributed by atoms with Gasteiger partial charge in [0.05, 0.1) is 0 Å². The number of aryl methyl sites for hydroxylation is 1. The van der Waals surface area contributed by atoms with Crippen molar-refractivity contribution in [1.29, 1.82) is 0 Å². The number of nitrogens with two attached hydrogens (primary N) is 1. The average molecular weight is 254 g/mol. The number of halogens is 1. The van der Waals surface area contributed by atoms with Gasteiger partial charge in [-0.3, -0.25) is 0 Å². The van der Waals surface area contributed by atoms with Gasteiger partial charge >= 0.3 is 0 Å². The molecule has 0 aliphatic heterocycles. The van der Waals surface area contributed by atoms with Crippen LogP contribution in [0.3, 0.4) is 0 Å². The molecule has 2 N–H and O–H groups in total. The molecule has 0 heterocycles. The number of hydrogen-bond acceptors (Lipinski definition) is 1. The Morgan fingerprint density at radius 2 is 2.14 bits per heavy atom. The van der Waals surface area contributed by atoms with Crippen molar-refractivity contribution in [2.75, 3.05) is 6.54 Å². The lowest BCUT2D eigenvalue weighted by Crippen LogP contribution is -2.41. The Bertz CT molecular complexity index is 337. The Balaban J connectivity index is 2.36. The van der Waals surface area contributed by atoms with Crippen LogP contribution in [-0.2, 0) is 5.41 Å².